The highest BCUT2D eigenvalue weighted by molar-refractivity contribution is 5.71. The molecule has 0 atom stereocenters. The average molecular weight is 335 g/mol. The molecule has 0 unspecified atom stereocenters. The van der Waals surface area contributed by atoms with Gasteiger partial charge in [-0.15, -0.1) is 0 Å². The van der Waals surface area contributed by atoms with Crippen molar-refractivity contribution in [3.8, 4) is 5.69 Å². The zero-order chi connectivity index (χ0) is 17.4. The van der Waals surface area contributed by atoms with Crippen LogP contribution in [0.25, 0.3) is 11.3 Å². The number of fused-ring (bicyclic) bond motifs is 1. The molecule has 0 aliphatic rings. The van der Waals surface area contributed by atoms with Gasteiger partial charge in [0.1, 0.15) is 5.82 Å². The lowest BCUT2D eigenvalue weighted by molar-refractivity contribution is 0.627. The number of anilines is 1. The maximum absolute atomic E-state index is 13.1. The Bertz CT molecular complexity index is 1020. The molecule has 0 fully saturated rings. The van der Waals surface area contributed by atoms with Crippen molar-refractivity contribution in [2.24, 2.45) is 0 Å². The van der Waals surface area contributed by atoms with E-state index in [1.165, 1.54) is 12.1 Å². The van der Waals surface area contributed by atoms with Crippen molar-refractivity contribution in [1.29, 1.82) is 0 Å². The molecule has 6 heteroatoms. The van der Waals surface area contributed by atoms with Gasteiger partial charge in [-0.3, -0.25) is 0 Å². The number of aromatic nitrogens is 4. The van der Waals surface area contributed by atoms with Gasteiger partial charge in [0.25, 0.3) is 0 Å². The summed E-state index contributed by atoms with van der Waals surface area (Å²) < 4.78 is 17.0. The number of hydrogen-bond acceptors (Lipinski definition) is 3. The van der Waals surface area contributed by atoms with Crippen LogP contribution in [0.2, 0.25) is 0 Å². The van der Waals surface area contributed by atoms with E-state index < -0.39 is 0 Å². The Morgan fingerprint density at radius 1 is 1.16 bits per heavy atom. The summed E-state index contributed by atoms with van der Waals surface area (Å²) in [6.07, 6.45) is 5.69. The fourth-order valence-electron chi connectivity index (χ4n) is 2.83. The minimum absolute atomic E-state index is 0.230. The Labute approximate surface area is 144 Å². The Morgan fingerprint density at radius 2 is 1.96 bits per heavy atom. The van der Waals surface area contributed by atoms with E-state index in [1.807, 2.05) is 43.1 Å². The lowest BCUT2D eigenvalue weighted by Crippen LogP contribution is -2.05. The SMILES string of the molecule is Cc1nc2c(NCc3ccc(F)cc3)cc(-n3cccn3)cn2c1C. The second-order valence-electron chi connectivity index (χ2n) is 6.02. The molecule has 126 valence electrons. The highest BCUT2D eigenvalue weighted by Crippen LogP contribution is 2.24. The maximum atomic E-state index is 13.1. The quantitative estimate of drug-likeness (QED) is 0.615. The molecule has 1 aromatic carbocycles. The summed E-state index contributed by atoms with van der Waals surface area (Å²) in [4.78, 5) is 4.67. The molecule has 3 aromatic heterocycles. The molecule has 25 heavy (non-hydrogen) atoms. The van der Waals surface area contributed by atoms with Gasteiger partial charge in [0.15, 0.2) is 5.65 Å². The molecule has 0 aliphatic carbocycles. The number of halogens is 1. The lowest BCUT2D eigenvalue weighted by Gasteiger charge is -2.11. The van der Waals surface area contributed by atoms with Gasteiger partial charge in [-0.2, -0.15) is 5.10 Å². The van der Waals surface area contributed by atoms with Crippen molar-refractivity contribution in [3.63, 3.8) is 0 Å². The summed E-state index contributed by atoms with van der Waals surface area (Å²) in [5.41, 5.74) is 5.81. The normalized spacial score (nSPS) is 11.2. The molecule has 4 rings (SSSR count). The summed E-state index contributed by atoms with van der Waals surface area (Å²) in [6.45, 7) is 4.63. The summed E-state index contributed by atoms with van der Waals surface area (Å²) in [6, 6.07) is 10.4. The van der Waals surface area contributed by atoms with Crippen molar-refractivity contribution in [2.45, 2.75) is 20.4 Å². The predicted molar refractivity (Wildman–Crippen MR) is 95.5 cm³/mol. The summed E-state index contributed by atoms with van der Waals surface area (Å²) in [5.74, 6) is -0.230. The number of rotatable bonds is 4. The first-order chi connectivity index (χ1) is 12.1. The van der Waals surface area contributed by atoms with E-state index in [1.54, 1.807) is 18.3 Å². The number of nitrogens with one attached hydrogen (secondary N) is 1. The van der Waals surface area contributed by atoms with Gasteiger partial charge in [-0.25, -0.2) is 14.1 Å². The minimum Gasteiger partial charge on any atom is -0.378 e. The van der Waals surface area contributed by atoms with E-state index in [0.717, 1.165) is 34.0 Å². The minimum atomic E-state index is -0.230. The van der Waals surface area contributed by atoms with E-state index in [-0.39, 0.29) is 5.82 Å². The standard InChI is InChI=1S/C19H18FN5/c1-13-14(2)24-12-17(25-9-3-8-22-25)10-18(19(24)23-13)21-11-15-4-6-16(20)7-5-15/h3-10,12,21H,11H2,1-2H3. The Balaban J connectivity index is 1.75. The molecule has 0 radical (unpaired) electrons. The molecule has 5 nitrogen and oxygen atoms in total. The molecular formula is C19H18FN5. The predicted octanol–water partition coefficient (Wildman–Crippen LogP) is 3.89. The molecule has 3 heterocycles. The monoisotopic (exact) mass is 335 g/mol. The van der Waals surface area contributed by atoms with Crippen LogP contribution in [-0.2, 0) is 6.54 Å². The average Bonchev–Trinajstić information content (AvgIpc) is 3.24. The number of pyridine rings is 1. The van der Waals surface area contributed by atoms with Crippen LogP contribution in [0, 0.1) is 19.7 Å². The third kappa shape index (κ3) is 2.87. The second-order valence-corrected chi connectivity index (χ2v) is 6.02. The van der Waals surface area contributed by atoms with E-state index in [0.29, 0.717) is 6.54 Å². The number of imidazole rings is 1. The smallest absolute Gasteiger partial charge is 0.160 e. The fraction of sp³-hybridized carbons (Fsp3) is 0.158. The molecule has 0 amide bonds. The Morgan fingerprint density at radius 3 is 2.68 bits per heavy atom. The van der Waals surface area contributed by atoms with Crippen LogP contribution in [0.3, 0.4) is 0 Å². The van der Waals surface area contributed by atoms with Gasteiger partial charge >= 0.3 is 0 Å². The number of benzene rings is 1. The van der Waals surface area contributed by atoms with E-state index in [9.17, 15) is 4.39 Å². The molecule has 0 spiro atoms. The number of nitrogens with zero attached hydrogens (tertiary/aromatic N) is 4. The maximum Gasteiger partial charge on any atom is 0.160 e. The van der Waals surface area contributed by atoms with Gasteiger partial charge in [-0.05, 0) is 43.7 Å². The summed E-state index contributed by atoms with van der Waals surface area (Å²) in [5, 5.41) is 7.73. The van der Waals surface area contributed by atoms with Crippen LogP contribution in [0.1, 0.15) is 17.0 Å². The highest BCUT2D eigenvalue weighted by atomic mass is 19.1. The van der Waals surface area contributed by atoms with Gasteiger partial charge in [0.05, 0.1) is 17.1 Å². The van der Waals surface area contributed by atoms with Crippen molar-refractivity contribution < 1.29 is 4.39 Å². The van der Waals surface area contributed by atoms with E-state index in [2.05, 4.69) is 19.8 Å². The molecule has 0 bridgehead atoms. The summed E-state index contributed by atoms with van der Waals surface area (Å²) in [7, 11) is 0. The molecule has 0 aliphatic heterocycles. The first kappa shape index (κ1) is 15.4. The Kier molecular flexibility index (Phi) is 3.72. The number of hydrogen-bond donors (Lipinski definition) is 1. The highest BCUT2D eigenvalue weighted by Gasteiger charge is 2.12. The summed E-state index contributed by atoms with van der Waals surface area (Å²) >= 11 is 0. The zero-order valence-electron chi connectivity index (χ0n) is 14.1. The number of aryl methyl sites for hydroxylation is 2. The molecule has 4 aromatic rings. The van der Waals surface area contributed by atoms with Gasteiger partial charge in [0.2, 0.25) is 0 Å². The fourth-order valence-corrected chi connectivity index (χ4v) is 2.83. The molecule has 0 saturated carbocycles. The first-order valence-electron chi connectivity index (χ1n) is 8.09. The molecular weight excluding hydrogens is 317 g/mol. The molecule has 0 saturated heterocycles. The zero-order valence-corrected chi connectivity index (χ0v) is 14.1. The van der Waals surface area contributed by atoms with E-state index >= 15 is 0 Å². The van der Waals surface area contributed by atoms with Crippen molar-refractivity contribution >= 4 is 11.3 Å². The van der Waals surface area contributed by atoms with Crippen LogP contribution < -0.4 is 5.32 Å². The van der Waals surface area contributed by atoms with Crippen molar-refractivity contribution in [2.75, 3.05) is 5.32 Å². The largest absolute Gasteiger partial charge is 0.378 e. The van der Waals surface area contributed by atoms with Crippen LogP contribution in [-0.4, -0.2) is 19.2 Å². The second kappa shape index (κ2) is 6.05. The van der Waals surface area contributed by atoms with Crippen LogP contribution in [0.4, 0.5) is 10.1 Å². The van der Waals surface area contributed by atoms with E-state index in [4.69, 9.17) is 0 Å². The first-order valence-corrected chi connectivity index (χ1v) is 8.09. The van der Waals surface area contributed by atoms with Gasteiger partial charge in [0, 0.05) is 30.8 Å². The van der Waals surface area contributed by atoms with Gasteiger partial charge < -0.3 is 9.72 Å². The third-order valence-electron chi connectivity index (χ3n) is 4.35. The topological polar surface area (TPSA) is 47.2 Å². The van der Waals surface area contributed by atoms with Crippen molar-refractivity contribution in [1.82, 2.24) is 19.2 Å². The molecule has 1 N–H and O–H groups in total. The third-order valence-corrected chi connectivity index (χ3v) is 4.35. The van der Waals surface area contributed by atoms with Crippen LogP contribution >= 0.6 is 0 Å². The van der Waals surface area contributed by atoms with Crippen LogP contribution in [0.5, 0.6) is 0 Å². The van der Waals surface area contributed by atoms with Gasteiger partial charge in [-0.1, -0.05) is 12.1 Å². The van der Waals surface area contributed by atoms with Crippen molar-refractivity contribution in [3.05, 3.63) is 77.8 Å². The van der Waals surface area contributed by atoms with Crippen LogP contribution in [0.15, 0.2) is 55.0 Å². The lowest BCUT2D eigenvalue weighted by atomic mass is 10.2. The Hall–Kier alpha value is -3.15.